The molecule has 2 rings (SSSR count). The smallest absolute Gasteiger partial charge is 0.136 e. The van der Waals surface area contributed by atoms with Crippen LogP contribution in [0.25, 0.3) is 10.8 Å². The molecule has 0 aliphatic heterocycles. The normalized spacial score (nSPS) is 11.0. The Morgan fingerprint density at radius 1 is 1.05 bits per heavy atom. The number of ether oxygens (including phenoxy) is 2. The lowest BCUT2D eigenvalue weighted by atomic mass is 10.1. The summed E-state index contributed by atoms with van der Waals surface area (Å²) in [6.45, 7) is 3.35. The van der Waals surface area contributed by atoms with E-state index in [4.69, 9.17) is 15.2 Å². The molecule has 2 N–H and O–H groups in total. The monoisotopic (exact) mass is 289 g/mol. The first-order valence-corrected chi connectivity index (χ1v) is 7.11. The largest absolute Gasteiger partial charge is 0.383 e. The Bertz CT molecular complexity index is 566. The van der Waals surface area contributed by atoms with Crippen LogP contribution in [0.1, 0.15) is 5.56 Å². The summed E-state index contributed by atoms with van der Waals surface area (Å²) in [5, 5.41) is 2.28. The van der Waals surface area contributed by atoms with Gasteiger partial charge in [0.05, 0.1) is 13.2 Å². The molecule has 0 radical (unpaired) electrons. The van der Waals surface area contributed by atoms with Crippen molar-refractivity contribution < 1.29 is 9.47 Å². The first kappa shape index (κ1) is 15.7. The van der Waals surface area contributed by atoms with E-state index in [2.05, 4.69) is 22.0 Å². The number of pyridine rings is 1. The highest BCUT2D eigenvalue weighted by atomic mass is 16.5. The summed E-state index contributed by atoms with van der Waals surface area (Å²) < 4.78 is 10.4. The molecule has 0 amide bonds. The summed E-state index contributed by atoms with van der Waals surface area (Å²) in [4.78, 5) is 6.81. The molecule has 21 heavy (non-hydrogen) atoms. The number of nitrogens with zero attached hydrogens (tertiary/aromatic N) is 2. The van der Waals surface area contributed by atoms with Gasteiger partial charge in [-0.05, 0) is 10.9 Å². The number of rotatable bonds is 8. The van der Waals surface area contributed by atoms with Crippen LogP contribution in [0.3, 0.4) is 0 Å². The number of benzene rings is 1. The van der Waals surface area contributed by atoms with E-state index in [0.29, 0.717) is 19.8 Å². The third kappa shape index (κ3) is 3.69. The molecule has 1 aromatic heterocycles. The quantitative estimate of drug-likeness (QED) is 0.803. The molecule has 0 aliphatic rings. The Kier molecular flexibility index (Phi) is 5.92. The van der Waals surface area contributed by atoms with Crippen LogP contribution in [0.5, 0.6) is 0 Å². The van der Waals surface area contributed by atoms with Gasteiger partial charge in [-0.3, -0.25) is 0 Å². The number of methoxy groups -OCH3 is 2. The second-order valence-corrected chi connectivity index (χ2v) is 4.83. The van der Waals surface area contributed by atoms with Gasteiger partial charge in [0.1, 0.15) is 5.82 Å². The molecule has 114 valence electrons. The molecule has 0 saturated heterocycles. The molecule has 0 atom stereocenters. The van der Waals surface area contributed by atoms with Gasteiger partial charge in [0.25, 0.3) is 0 Å². The fourth-order valence-electron chi connectivity index (χ4n) is 2.38. The van der Waals surface area contributed by atoms with Crippen molar-refractivity contribution in [2.24, 2.45) is 5.73 Å². The fourth-order valence-corrected chi connectivity index (χ4v) is 2.38. The van der Waals surface area contributed by atoms with Crippen LogP contribution >= 0.6 is 0 Å². The van der Waals surface area contributed by atoms with E-state index in [-0.39, 0.29) is 0 Å². The van der Waals surface area contributed by atoms with Crippen LogP contribution in [0.2, 0.25) is 0 Å². The predicted octanol–water partition coefficient (Wildman–Crippen LogP) is 1.79. The summed E-state index contributed by atoms with van der Waals surface area (Å²) in [6, 6.07) is 8.23. The van der Waals surface area contributed by atoms with Crippen LogP contribution in [0.15, 0.2) is 30.5 Å². The molecule has 0 aliphatic carbocycles. The van der Waals surface area contributed by atoms with Crippen molar-refractivity contribution in [2.75, 3.05) is 45.4 Å². The maximum atomic E-state index is 5.81. The Labute approximate surface area is 125 Å². The van der Waals surface area contributed by atoms with Crippen LogP contribution in [0.4, 0.5) is 5.82 Å². The summed E-state index contributed by atoms with van der Waals surface area (Å²) in [6.07, 6.45) is 1.87. The Hall–Kier alpha value is -1.69. The highest BCUT2D eigenvalue weighted by Gasteiger charge is 2.13. The molecule has 1 aromatic carbocycles. The van der Waals surface area contributed by atoms with Crippen LogP contribution < -0.4 is 10.6 Å². The maximum Gasteiger partial charge on any atom is 0.136 e. The molecule has 0 unspecified atom stereocenters. The van der Waals surface area contributed by atoms with Crippen molar-refractivity contribution in [1.82, 2.24) is 4.98 Å². The summed E-state index contributed by atoms with van der Waals surface area (Å²) in [7, 11) is 3.41. The van der Waals surface area contributed by atoms with E-state index in [9.17, 15) is 0 Å². The van der Waals surface area contributed by atoms with Crippen LogP contribution in [-0.4, -0.2) is 45.5 Å². The first-order chi connectivity index (χ1) is 10.3. The molecule has 0 spiro atoms. The average Bonchev–Trinajstić information content (AvgIpc) is 2.54. The maximum absolute atomic E-state index is 5.81. The Morgan fingerprint density at radius 2 is 1.67 bits per heavy atom. The van der Waals surface area contributed by atoms with Gasteiger partial charge in [0, 0.05) is 45.4 Å². The van der Waals surface area contributed by atoms with Gasteiger partial charge < -0.3 is 20.1 Å². The van der Waals surface area contributed by atoms with E-state index in [1.54, 1.807) is 14.2 Å². The van der Waals surface area contributed by atoms with Gasteiger partial charge in [0.2, 0.25) is 0 Å². The van der Waals surface area contributed by atoms with Crippen molar-refractivity contribution in [3.63, 3.8) is 0 Å². The number of aromatic nitrogens is 1. The minimum atomic E-state index is 0.490. The topological polar surface area (TPSA) is 60.6 Å². The summed E-state index contributed by atoms with van der Waals surface area (Å²) in [5.41, 5.74) is 6.87. The van der Waals surface area contributed by atoms with Crippen molar-refractivity contribution in [1.29, 1.82) is 0 Å². The molecule has 0 saturated carbocycles. The minimum Gasteiger partial charge on any atom is -0.383 e. The zero-order valence-electron chi connectivity index (χ0n) is 12.7. The zero-order valence-corrected chi connectivity index (χ0v) is 12.7. The SMILES string of the molecule is COCCN(CCOC)c1ncc(CN)c2ccccc12. The van der Waals surface area contributed by atoms with Crippen molar-refractivity contribution in [2.45, 2.75) is 6.54 Å². The van der Waals surface area contributed by atoms with E-state index in [1.165, 1.54) is 0 Å². The zero-order chi connectivity index (χ0) is 15.1. The van der Waals surface area contributed by atoms with Gasteiger partial charge in [-0.1, -0.05) is 24.3 Å². The molecular formula is C16H23N3O2. The van der Waals surface area contributed by atoms with E-state index >= 15 is 0 Å². The van der Waals surface area contributed by atoms with Gasteiger partial charge in [-0.2, -0.15) is 0 Å². The summed E-state index contributed by atoms with van der Waals surface area (Å²) >= 11 is 0. The lowest BCUT2D eigenvalue weighted by molar-refractivity contribution is 0.190. The average molecular weight is 289 g/mol. The van der Waals surface area contributed by atoms with Gasteiger partial charge in [-0.25, -0.2) is 4.98 Å². The lowest BCUT2D eigenvalue weighted by Crippen LogP contribution is -2.31. The third-order valence-electron chi connectivity index (χ3n) is 3.51. The molecule has 5 nitrogen and oxygen atoms in total. The molecule has 5 heteroatoms. The molecule has 1 heterocycles. The fraction of sp³-hybridized carbons (Fsp3) is 0.438. The second-order valence-electron chi connectivity index (χ2n) is 4.83. The second kappa shape index (κ2) is 7.93. The molecule has 2 aromatic rings. The third-order valence-corrected chi connectivity index (χ3v) is 3.51. The number of anilines is 1. The highest BCUT2D eigenvalue weighted by Crippen LogP contribution is 2.26. The number of fused-ring (bicyclic) bond motifs is 1. The Balaban J connectivity index is 2.41. The Morgan fingerprint density at radius 3 is 2.24 bits per heavy atom. The van der Waals surface area contributed by atoms with Gasteiger partial charge in [-0.15, -0.1) is 0 Å². The standard InChI is InChI=1S/C16H23N3O2/c1-20-9-7-19(8-10-21-2)16-15-6-4-3-5-14(15)13(11-17)12-18-16/h3-6,12H,7-11,17H2,1-2H3. The first-order valence-electron chi connectivity index (χ1n) is 7.11. The van der Waals surface area contributed by atoms with E-state index in [0.717, 1.165) is 35.2 Å². The van der Waals surface area contributed by atoms with Crippen molar-refractivity contribution in [3.05, 3.63) is 36.0 Å². The van der Waals surface area contributed by atoms with Gasteiger partial charge in [0.15, 0.2) is 0 Å². The number of hydrogen-bond acceptors (Lipinski definition) is 5. The molecule has 0 bridgehead atoms. The predicted molar refractivity (Wildman–Crippen MR) is 85.6 cm³/mol. The van der Waals surface area contributed by atoms with Gasteiger partial charge >= 0.3 is 0 Å². The number of nitrogens with two attached hydrogens (primary N) is 1. The minimum absolute atomic E-state index is 0.490. The van der Waals surface area contributed by atoms with E-state index in [1.807, 2.05) is 18.3 Å². The molecular weight excluding hydrogens is 266 g/mol. The van der Waals surface area contributed by atoms with E-state index < -0.39 is 0 Å². The lowest BCUT2D eigenvalue weighted by Gasteiger charge is -2.25. The molecule has 0 fully saturated rings. The van der Waals surface area contributed by atoms with Crippen molar-refractivity contribution in [3.8, 4) is 0 Å². The van der Waals surface area contributed by atoms with Crippen LogP contribution in [0, 0.1) is 0 Å². The van der Waals surface area contributed by atoms with Crippen molar-refractivity contribution >= 4 is 16.6 Å². The number of hydrogen-bond donors (Lipinski definition) is 1. The highest BCUT2D eigenvalue weighted by molar-refractivity contribution is 5.94. The summed E-state index contributed by atoms with van der Waals surface area (Å²) in [5.74, 6) is 0.955. The van der Waals surface area contributed by atoms with Crippen LogP contribution in [-0.2, 0) is 16.0 Å².